The summed E-state index contributed by atoms with van der Waals surface area (Å²) in [6.07, 6.45) is 1.77. The molecule has 1 aromatic carbocycles. The van der Waals surface area contributed by atoms with E-state index in [2.05, 4.69) is 17.4 Å². The highest BCUT2D eigenvalue weighted by Gasteiger charge is 2.37. The van der Waals surface area contributed by atoms with Gasteiger partial charge < -0.3 is 29.3 Å². The number of hydrogen-bond donors (Lipinski definition) is 1. The van der Waals surface area contributed by atoms with E-state index in [9.17, 15) is 9.59 Å². The number of amides is 2. The van der Waals surface area contributed by atoms with Crippen LogP contribution in [0.2, 0.25) is 0 Å². The molecule has 0 spiro atoms. The molecule has 2 saturated heterocycles. The van der Waals surface area contributed by atoms with E-state index in [0.717, 1.165) is 24.3 Å². The van der Waals surface area contributed by atoms with Gasteiger partial charge in [0.1, 0.15) is 0 Å². The lowest BCUT2D eigenvalue weighted by atomic mass is 9.74. The van der Waals surface area contributed by atoms with Crippen LogP contribution in [-0.4, -0.2) is 80.4 Å². The first kappa shape index (κ1) is 20.9. The van der Waals surface area contributed by atoms with Gasteiger partial charge in [-0.3, -0.25) is 9.59 Å². The molecule has 8 nitrogen and oxygen atoms in total. The molecule has 4 rings (SSSR count). The monoisotopic (exact) mass is 417 g/mol. The molecule has 2 fully saturated rings. The summed E-state index contributed by atoms with van der Waals surface area (Å²) in [4.78, 5) is 28.1. The van der Waals surface area contributed by atoms with Crippen LogP contribution in [0.5, 0.6) is 11.5 Å². The summed E-state index contributed by atoms with van der Waals surface area (Å²) in [5, 5.41) is 3.49. The summed E-state index contributed by atoms with van der Waals surface area (Å²) in [6, 6.07) is 5.86. The minimum atomic E-state index is -0.289. The van der Waals surface area contributed by atoms with Crippen molar-refractivity contribution in [3.8, 4) is 11.5 Å². The number of carbonyl (C=O) groups is 2. The van der Waals surface area contributed by atoms with Crippen LogP contribution >= 0.6 is 0 Å². The highest BCUT2D eigenvalue weighted by molar-refractivity contribution is 5.82. The lowest BCUT2D eigenvalue weighted by molar-refractivity contribution is -0.139. The molecule has 0 saturated carbocycles. The van der Waals surface area contributed by atoms with Gasteiger partial charge in [-0.2, -0.15) is 0 Å². The summed E-state index contributed by atoms with van der Waals surface area (Å²) in [7, 11) is 0. The van der Waals surface area contributed by atoms with Gasteiger partial charge in [0.15, 0.2) is 11.5 Å². The first-order valence-electron chi connectivity index (χ1n) is 10.7. The van der Waals surface area contributed by atoms with E-state index >= 15 is 0 Å². The van der Waals surface area contributed by atoms with Crippen molar-refractivity contribution in [2.75, 3.05) is 52.7 Å². The number of hydrogen-bond acceptors (Lipinski definition) is 6. The number of benzene rings is 1. The van der Waals surface area contributed by atoms with Crippen molar-refractivity contribution in [3.63, 3.8) is 0 Å². The maximum atomic E-state index is 12.9. The van der Waals surface area contributed by atoms with Crippen molar-refractivity contribution in [3.05, 3.63) is 23.8 Å². The van der Waals surface area contributed by atoms with Gasteiger partial charge in [-0.15, -0.1) is 0 Å². The smallest absolute Gasteiger partial charge is 0.239 e. The zero-order valence-electron chi connectivity index (χ0n) is 17.8. The lowest BCUT2D eigenvalue weighted by Crippen LogP contribution is -2.55. The number of nitrogens with one attached hydrogen (secondary N) is 1. The molecule has 164 valence electrons. The van der Waals surface area contributed by atoms with E-state index in [1.54, 1.807) is 11.8 Å². The SMILES string of the molecule is CC(=O)N1CCN(C(=O)C(C)NCC2(c3ccc4c(c3)OCO4)CCOCC2)CC1. The lowest BCUT2D eigenvalue weighted by Gasteiger charge is -2.40. The average Bonchev–Trinajstić information content (AvgIpc) is 3.25. The maximum absolute atomic E-state index is 12.9. The molecule has 1 atom stereocenters. The van der Waals surface area contributed by atoms with E-state index < -0.39 is 0 Å². The molecular weight excluding hydrogens is 386 g/mol. The molecule has 8 heteroatoms. The molecule has 2 amide bonds. The molecule has 3 heterocycles. The molecule has 0 aliphatic carbocycles. The normalized spacial score (nSPS) is 21.4. The van der Waals surface area contributed by atoms with Crippen LogP contribution < -0.4 is 14.8 Å². The highest BCUT2D eigenvalue weighted by atomic mass is 16.7. The molecule has 3 aliphatic heterocycles. The van der Waals surface area contributed by atoms with Crippen LogP contribution in [0.1, 0.15) is 32.3 Å². The topological polar surface area (TPSA) is 80.3 Å². The number of carbonyl (C=O) groups excluding carboxylic acids is 2. The fourth-order valence-electron chi connectivity index (χ4n) is 4.51. The van der Waals surface area contributed by atoms with Crippen LogP contribution in [0.25, 0.3) is 0 Å². The Balaban J connectivity index is 1.40. The largest absolute Gasteiger partial charge is 0.454 e. The van der Waals surface area contributed by atoms with Crippen molar-refractivity contribution in [2.45, 2.75) is 38.1 Å². The molecular formula is C22H31N3O5. The minimum Gasteiger partial charge on any atom is -0.454 e. The van der Waals surface area contributed by atoms with E-state index in [0.29, 0.717) is 45.9 Å². The molecule has 30 heavy (non-hydrogen) atoms. The molecule has 0 bridgehead atoms. The molecule has 1 N–H and O–H groups in total. The second-order valence-corrected chi connectivity index (χ2v) is 8.39. The standard InChI is InChI=1S/C22H31N3O5/c1-16(21(27)25-9-7-24(8-10-25)17(2)26)23-14-22(5-11-28-12-6-22)18-3-4-19-20(13-18)30-15-29-19/h3-4,13,16,23H,5-12,14-15H2,1-2H3. The van der Waals surface area contributed by atoms with E-state index in [-0.39, 0.29) is 30.1 Å². The first-order valence-corrected chi connectivity index (χ1v) is 10.7. The third-order valence-electron chi connectivity index (χ3n) is 6.59. The Morgan fingerprint density at radius 2 is 1.73 bits per heavy atom. The van der Waals surface area contributed by atoms with Gasteiger partial charge in [-0.25, -0.2) is 0 Å². The Morgan fingerprint density at radius 3 is 2.43 bits per heavy atom. The number of piperazine rings is 1. The van der Waals surface area contributed by atoms with Crippen molar-refractivity contribution >= 4 is 11.8 Å². The Hall–Kier alpha value is -2.32. The van der Waals surface area contributed by atoms with Gasteiger partial charge in [-0.1, -0.05) is 6.07 Å². The fourth-order valence-corrected chi connectivity index (χ4v) is 4.51. The van der Waals surface area contributed by atoms with Gasteiger partial charge in [-0.05, 0) is 37.5 Å². The Kier molecular flexibility index (Phi) is 6.15. The van der Waals surface area contributed by atoms with Gasteiger partial charge in [0.05, 0.1) is 6.04 Å². The zero-order valence-corrected chi connectivity index (χ0v) is 17.8. The van der Waals surface area contributed by atoms with Crippen LogP contribution in [0, 0.1) is 0 Å². The summed E-state index contributed by atoms with van der Waals surface area (Å²) < 4.78 is 16.7. The van der Waals surface area contributed by atoms with Crippen LogP contribution in [0.3, 0.4) is 0 Å². The Bertz CT molecular complexity index is 785. The number of ether oxygens (including phenoxy) is 3. The molecule has 1 aromatic rings. The molecule has 0 aromatic heterocycles. The van der Waals surface area contributed by atoms with E-state index in [1.165, 1.54) is 5.56 Å². The quantitative estimate of drug-likeness (QED) is 0.774. The first-order chi connectivity index (χ1) is 14.5. The average molecular weight is 418 g/mol. The molecule has 1 unspecified atom stereocenters. The Morgan fingerprint density at radius 1 is 1.07 bits per heavy atom. The van der Waals surface area contributed by atoms with Crippen molar-refractivity contribution in [1.29, 1.82) is 0 Å². The van der Waals surface area contributed by atoms with Gasteiger partial charge in [0.25, 0.3) is 0 Å². The third-order valence-corrected chi connectivity index (χ3v) is 6.59. The number of fused-ring (bicyclic) bond motifs is 1. The van der Waals surface area contributed by atoms with E-state index in [4.69, 9.17) is 14.2 Å². The zero-order chi connectivity index (χ0) is 21.1. The predicted molar refractivity (Wildman–Crippen MR) is 111 cm³/mol. The van der Waals surface area contributed by atoms with Gasteiger partial charge in [0, 0.05) is 58.3 Å². The summed E-state index contributed by atoms with van der Waals surface area (Å²) in [6.45, 7) is 8.23. The second-order valence-electron chi connectivity index (χ2n) is 8.39. The van der Waals surface area contributed by atoms with Crippen molar-refractivity contribution in [2.24, 2.45) is 0 Å². The third kappa shape index (κ3) is 4.25. The van der Waals surface area contributed by atoms with Gasteiger partial charge >= 0.3 is 0 Å². The fraction of sp³-hybridized carbons (Fsp3) is 0.636. The minimum absolute atomic E-state index is 0.0680. The summed E-state index contributed by atoms with van der Waals surface area (Å²) >= 11 is 0. The second kappa shape index (κ2) is 8.81. The van der Waals surface area contributed by atoms with Crippen LogP contribution in [0.4, 0.5) is 0 Å². The Labute approximate surface area is 177 Å². The van der Waals surface area contributed by atoms with Crippen molar-refractivity contribution in [1.82, 2.24) is 15.1 Å². The van der Waals surface area contributed by atoms with Crippen LogP contribution in [0.15, 0.2) is 18.2 Å². The van der Waals surface area contributed by atoms with Crippen LogP contribution in [-0.2, 0) is 19.7 Å². The summed E-state index contributed by atoms with van der Waals surface area (Å²) in [5.41, 5.74) is 1.08. The maximum Gasteiger partial charge on any atom is 0.239 e. The molecule has 0 radical (unpaired) electrons. The number of nitrogens with zero attached hydrogens (tertiary/aromatic N) is 2. The predicted octanol–water partition coefficient (Wildman–Crippen LogP) is 1.13. The number of rotatable bonds is 5. The van der Waals surface area contributed by atoms with E-state index in [1.807, 2.05) is 17.9 Å². The summed E-state index contributed by atoms with van der Waals surface area (Å²) in [5.74, 6) is 1.72. The van der Waals surface area contributed by atoms with Gasteiger partial charge in [0.2, 0.25) is 18.6 Å². The molecule has 3 aliphatic rings. The van der Waals surface area contributed by atoms with Crippen molar-refractivity contribution < 1.29 is 23.8 Å². The highest BCUT2D eigenvalue weighted by Crippen LogP contribution is 2.40.